The van der Waals surface area contributed by atoms with Crippen molar-refractivity contribution in [3.8, 4) is 11.3 Å². The van der Waals surface area contributed by atoms with Crippen molar-refractivity contribution in [1.82, 2.24) is 39.9 Å². The van der Waals surface area contributed by atoms with Crippen LogP contribution in [0.1, 0.15) is 38.3 Å². The number of anilines is 2. The molecule has 0 bridgehead atoms. The van der Waals surface area contributed by atoms with Gasteiger partial charge in [0.25, 0.3) is 0 Å². The number of nitrogens with zero attached hydrogens (tertiary/aromatic N) is 6. The molecule has 5 rings (SSSR count). The number of aromatic amines is 1. The number of amides is 1. The molecule has 1 amide bonds. The second-order valence-corrected chi connectivity index (χ2v) is 8.45. The van der Waals surface area contributed by atoms with Gasteiger partial charge >= 0.3 is 6.09 Å². The average Bonchev–Trinajstić information content (AvgIpc) is 3.55. The molecule has 1 aliphatic rings. The number of hydrogen-bond acceptors (Lipinski definition) is 8. The van der Waals surface area contributed by atoms with Crippen LogP contribution in [-0.4, -0.2) is 58.9 Å². The standard InChI is InChI=1S/C22H24FN9O2/c1-12(2)27-22(33)34-17-4-3-14(20(17)23)16-7-18(31-30-16)29-21-28-15(13-9-24-11-25-10-13)8-19-26-5-6-32(19)21/h5-12,14,17,20H,3-4H2,1-2H3,(H,27,33)(H2,28,29,30,31)/t14-,17-,20-/m1/s1. The quantitative estimate of drug-likeness (QED) is 0.394. The number of halogens is 1. The molecule has 12 heteroatoms. The third-order valence-corrected chi connectivity index (χ3v) is 5.65. The van der Waals surface area contributed by atoms with Gasteiger partial charge in [-0.3, -0.25) is 9.50 Å². The minimum Gasteiger partial charge on any atom is -0.443 e. The van der Waals surface area contributed by atoms with Gasteiger partial charge < -0.3 is 15.4 Å². The Morgan fingerprint density at radius 1 is 1.26 bits per heavy atom. The Kier molecular flexibility index (Phi) is 5.78. The van der Waals surface area contributed by atoms with Crippen LogP contribution >= 0.6 is 0 Å². The van der Waals surface area contributed by atoms with Crippen LogP contribution in [0.25, 0.3) is 16.9 Å². The lowest BCUT2D eigenvalue weighted by molar-refractivity contribution is 0.0555. The molecule has 0 unspecified atom stereocenters. The fourth-order valence-corrected chi connectivity index (χ4v) is 4.08. The van der Waals surface area contributed by atoms with Gasteiger partial charge in [-0.05, 0) is 26.7 Å². The molecular weight excluding hydrogens is 441 g/mol. The van der Waals surface area contributed by atoms with Gasteiger partial charge in [0.2, 0.25) is 5.95 Å². The van der Waals surface area contributed by atoms with Crippen molar-refractivity contribution in [2.24, 2.45) is 0 Å². The van der Waals surface area contributed by atoms with E-state index in [-0.39, 0.29) is 6.04 Å². The van der Waals surface area contributed by atoms with E-state index >= 15 is 4.39 Å². The molecule has 11 nitrogen and oxygen atoms in total. The van der Waals surface area contributed by atoms with Gasteiger partial charge in [0, 0.05) is 60.1 Å². The van der Waals surface area contributed by atoms with Gasteiger partial charge in [-0.15, -0.1) is 0 Å². The Balaban J connectivity index is 1.33. The number of carbonyl (C=O) groups is 1. The lowest BCUT2D eigenvalue weighted by Gasteiger charge is -2.18. The summed E-state index contributed by atoms with van der Waals surface area (Å²) in [7, 11) is 0. The normalized spacial score (nSPS) is 20.1. The first-order valence-electron chi connectivity index (χ1n) is 11.0. The number of carbonyl (C=O) groups excluding carboxylic acids is 1. The van der Waals surface area contributed by atoms with Gasteiger partial charge in [0.1, 0.15) is 24.3 Å². The molecule has 1 fully saturated rings. The molecule has 0 spiro atoms. The van der Waals surface area contributed by atoms with Crippen LogP contribution in [0.5, 0.6) is 0 Å². The van der Waals surface area contributed by atoms with Crippen LogP contribution in [0.2, 0.25) is 0 Å². The van der Waals surface area contributed by atoms with Crippen molar-refractivity contribution in [2.45, 2.75) is 50.9 Å². The number of rotatable bonds is 6. The highest BCUT2D eigenvalue weighted by molar-refractivity contribution is 5.68. The molecule has 34 heavy (non-hydrogen) atoms. The Morgan fingerprint density at radius 3 is 2.88 bits per heavy atom. The molecule has 1 aliphatic carbocycles. The van der Waals surface area contributed by atoms with Crippen LogP contribution in [0.3, 0.4) is 0 Å². The van der Waals surface area contributed by atoms with E-state index < -0.39 is 24.3 Å². The maximum atomic E-state index is 15.1. The second kappa shape index (κ2) is 9.04. The van der Waals surface area contributed by atoms with Crippen LogP contribution in [-0.2, 0) is 4.74 Å². The Hall–Kier alpha value is -4.09. The van der Waals surface area contributed by atoms with Crippen molar-refractivity contribution in [3.05, 3.63) is 48.9 Å². The molecule has 0 aliphatic heterocycles. The van der Waals surface area contributed by atoms with E-state index in [1.807, 2.05) is 19.9 Å². The summed E-state index contributed by atoms with van der Waals surface area (Å²) in [6.07, 6.45) is 6.51. The summed E-state index contributed by atoms with van der Waals surface area (Å²) >= 11 is 0. The molecule has 4 aromatic rings. The molecular formula is C22H24FN9O2. The Bertz CT molecular complexity index is 1290. The lowest BCUT2D eigenvalue weighted by atomic mass is 10.0. The molecule has 0 aromatic carbocycles. The molecule has 0 radical (unpaired) electrons. The first-order valence-corrected chi connectivity index (χ1v) is 11.0. The molecule has 4 aromatic heterocycles. The summed E-state index contributed by atoms with van der Waals surface area (Å²) < 4.78 is 22.1. The zero-order valence-electron chi connectivity index (χ0n) is 18.6. The van der Waals surface area contributed by atoms with E-state index in [0.717, 1.165) is 5.56 Å². The lowest BCUT2D eigenvalue weighted by Crippen LogP contribution is -2.36. The van der Waals surface area contributed by atoms with E-state index in [1.54, 1.807) is 35.3 Å². The summed E-state index contributed by atoms with van der Waals surface area (Å²) in [4.78, 5) is 29.0. The minimum atomic E-state index is -1.33. The van der Waals surface area contributed by atoms with Gasteiger partial charge in [0.05, 0.1) is 5.69 Å². The smallest absolute Gasteiger partial charge is 0.407 e. The zero-order chi connectivity index (χ0) is 23.7. The van der Waals surface area contributed by atoms with Crippen molar-refractivity contribution in [3.63, 3.8) is 0 Å². The number of alkyl halides is 1. The predicted molar refractivity (Wildman–Crippen MR) is 121 cm³/mol. The highest BCUT2D eigenvalue weighted by Gasteiger charge is 2.40. The van der Waals surface area contributed by atoms with Crippen molar-refractivity contribution >= 4 is 23.5 Å². The Labute approximate surface area is 194 Å². The van der Waals surface area contributed by atoms with Crippen molar-refractivity contribution in [1.29, 1.82) is 0 Å². The average molecular weight is 465 g/mol. The van der Waals surface area contributed by atoms with Crippen molar-refractivity contribution < 1.29 is 13.9 Å². The van der Waals surface area contributed by atoms with E-state index in [9.17, 15) is 4.79 Å². The molecule has 3 atom stereocenters. The third kappa shape index (κ3) is 4.38. The summed E-state index contributed by atoms with van der Waals surface area (Å²) in [6, 6.07) is 3.51. The molecule has 4 heterocycles. The predicted octanol–water partition coefficient (Wildman–Crippen LogP) is 3.37. The van der Waals surface area contributed by atoms with Gasteiger partial charge in [0.15, 0.2) is 5.82 Å². The molecule has 3 N–H and O–H groups in total. The fraction of sp³-hybridized carbons (Fsp3) is 0.364. The number of nitrogens with one attached hydrogen (secondary N) is 3. The number of ether oxygens (including phenoxy) is 1. The first-order chi connectivity index (χ1) is 16.5. The van der Waals surface area contributed by atoms with Gasteiger partial charge in [-0.1, -0.05) is 0 Å². The zero-order valence-corrected chi connectivity index (χ0v) is 18.6. The minimum absolute atomic E-state index is 0.0764. The fourth-order valence-electron chi connectivity index (χ4n) is 4.08. The largest absolute Gasteiger partial charge is 0.443 e. The number of fused-ring (bicyclic) bond motifs is 1. The third-order valence-electron chi connectivity index (χ3n) is 5.65. The summed E-state index contributed by atoms with van der Waals surface area (Å²) in [6.45, 7) is 3.64. The van der Waals surface area contributed by atoms with E-state index in [4.69, 9.17) is 4.74 Å². The van der Waals surface area contributed by atoms with Crippen LogP contribution < -0.4 is 10.6 Å². The molecule has 1 saturated carbocycles. The molecule has 176 valence electrons. The summed E-state index contributed by atoms with van der Waals surface area (Å²) in [5.41, 5.74) is 2.71. The van der Waals surface area contributed by atoms with Crippen LogP contribution in [0.4, 0.5) is 21.0 Å². The Morgan fingerprint density at radius 2 is 2.09 bits per heavy atom. The van der Waals surface area contributed by atoms with E-state index in [2.05, 4.69) is 40.8 Å². The summed E-state index contributed by atoms with van der Waals surface area (Å²) in [5.74, 6) is 0.517. The number of H-pyrrole nitrogens is 1. The number of hydrogen-bond donors (Lipinski definition) is 3. The topological polar surface area (TPSA) is 135 Å². The SMILES string of the molecule is CC(C)NC(=O)O[C@@H]1CC[C@H](c2cc(Nc3nc(-c4cncnc4)cc4nccn34)n[nH]2)[C@H]1F. The van der Waals surface area contributed by atoms with Gasteiger partial charge in [-0.25, -0.2) is 29.1 Å². The van der Waals surface area contributed by atoms with E-state index in [0.29, 0.717) is 41.6 Å². The monoisotopic (exact) mass is 465 g/mol. The number of aromatic nitrogens is 7. The van der Waals surface area contributed by atoms with Gasteiger partial charge in [-0.2, -0.15) is 5.10 Å². The summed E-state index contributed by atoms with van der Waals surface area (Å²) in [5, 5.41) is 13.0. The first kappa shape index (κ1) is 21.7. The number of imidazole rings is 1. The number of alkyl carbamates (subject to hydrolysis) is 1. The highest BCUT2D eigenvalue weighted by atomic mass is 19.1. The van der Waals surface area contributed by atoms with Crippen LogP contribution in [0, 0.1) is 0 Å². The van der Waals surface area contributed by atoms with E-state index in [1.165, 1.54) is 6.33 Å². The highest BCUT2D eigenvalue weighted by Crippen LogP contribution is 2.38. The maximum absolute atomic E-state index is 15.1. The molecule has 0 saturated heterocycles. The maximum Gasteiger partial charge on any atom is 0.407 e. The second-order valence-electron chi connectivity index (χ2n) is 8.45. The van der Waals surface area contributed by atoms with Crippen LogP contribution in [0.15, 0.2) is 43.2 Å². The van der Waals surface area contributed by atoms with Crippen molar-refractivity contribution in [2.75, 3.05) is 5.32 Å².